The van der Waals surface area contributed by atoms with Crippen LogP contribution in [0, 0.1) is 23.8 Å². The number of nitrogens with zero attached hydrogens (tertiary/aromatic N) is 6. The third-order valence-electron chi connectivity index (χ3n) is 12.7. The molecule has 2 atom stereocenters. The zero-order valence-corrected chi connectivity index (χ0v) is 34.4. The van der Waals surface area contributed by atoms with Crippen molar-refractivity contribution in [2.45, 2.75) is 19.9 Å². The predicted molar refractivity (Wildman–Crippen MR) is 261 cm³/mol. The molecule has 4 heterocycles. The second-order valence-corrected chi connectivity index (χ2v) is 15.8. The summed E-state index contributed by atoms with van der Waals surface area (Å²) >= 11 is 0. The summed E-state index contributed by atoms with van der Waals surface area (Å²) in [6, 6.07) is 45.3. The van der Waals surface area contributed by atoms with E-state index in [1.807, 2.05) is 25.2 Å². The minimum atomic E-state index is -0.606. The van der Waals surface area contributed by atoms with Crippen molar-refractivity contribution < 1.29 is 0 Å². The Bertz CT molecular complexity index is 3850. The van der Waals surface area contributed by atoms with Crippen molar-refractivity contribution in [2.75, 3.05) is 0 Å². The Morgan fingerprint density at radius 1 is 0.613 bits per heavy atom. The van der Waals surface area contributed by atoms with Gasteiger partial charge in [-0.3, -0.25) is 0 Å². The maximum atomic E-state index is 11.0. The Kier molecular flexibility index (Phi) is 8.39. The molecule has 1 aliphatic carbocycles. The van der Waals surface area contributed by atoms with Crippen molar-refractivity contribution >= 4 is 104 Å². The molecule has 0 fully saturated rings. The zero-order valence-electron chi connectivity index (χ0n) is 34.4. The van der Waals surface area contributed by atoms with Crippen LogP contribution in [-0.4, -0.2) is 18.3 Å². The highest BCUT2D eigenvalue weighted by molar-refractivity contribution is 6.21. The van der Waals surface area contributed by atoms with E-state index in [9.17, 15) is 5.26 Å². The number of nitriles is 1. The first kappa shape index (κ1) is 36.7. The molecule has 6 heteroatoms. The van der Waals surface area contributed by atoms with Crippen LogP contribution in [0.5, 0.6) is 0 Å². The quantitative estimate of drug-likeness (QED) is 0.117. The van der Waals surface area contributed by atoms with Crippen molar-refractivity contribution in [3.05, 3.63) is 200 Å². The summed E-state index contributed by atoms with van der Waals surface area (Å²) < 4.78 is 9.18. The third kappa shape index (κ3) is 5.08. The van der Waals surface area contributed by atoms with E-state index in [-0.39, 0.29) is 0 Å². The van der Waals surface area contributed by atoms with Gasteiger partial charge in [-0.05, 0) is 86.7 Å². The summed E-state index contributed by atoms with van der Waals surface area (Å²) in [5, 5.41) is 19.8. The number of fused-ring (bicyclic) bond motifs is 12. The lowest BCUT2D eigenvalue weighted by Crippen LogP contribution is -2.20. The third-order valence-corrected chi connectivity index (χ3v) is 12.7. The molecule has 6 nitrogen and oxygen atoms in total. The largest absolute Gasteiger partial charge is 0.332 e. The normalized spacial score (nSPS) is 16.3. The van der Waals surface area contributed by atoms with Gasteiger partial charge in [-0.2, -0.15) is 5.26 Å². The second kappa shape index (κ2) is 14.2. The lowest BCUT2D eigenvalue weighted by molar-refractivity contribution is 0.558. The van der Waals surface area contributed by atoms with Crippen LogP contribution < -0.4 is 0 Å². The molecule has 11 rings (SSSR count). The molecule has 294 valence electrons. The van der Waals surface area contributed by atoms with Crippen LogP contribution in [0.2, 0.25) is 0 Å². The van der Waals surface area contributed by atoms with Crippen molar-refractivity contribution in [1.82, 2.24) is 18.3 Å². The Balaban J connectivity index is 1.22. The van der Waals surface area contributed by atoms with E-state index in [2.05, 4.69) is 195 Å². The van der Waals surface area contributed by atoms with Gasteiger partial charge in [0.1, 0.15) is 0 Å². The van der Waals surface area contributed by atoms with Gasteiger partial charge < -0.3 is 18.3 Å². The minimum absolute atomic E-state index is 0.432. The summed E-state index contributed by atoms with van der Waals surface area (Å²) in [6.07, 6.45) is 16.1. The van der Waals surface area contributed by atoms with E-state index in [4.69, 9.17) is 6.57 Å². The van der Waals surface area contributed by atoms with E-state index in [1.165, 1.54) is 0 Å². The fourth-order valence-electron chi connectivity index (χ4n) is 10.2. The SMILES string of the molecule is [C-]#[N+]C1=CC(C#N)C(n2c3ccccc3c3cc4c(cc32)c2ccccc2n4/C(C=C)=C/C=C)C=C1n1c2ccccc2c2cc3c(cc21)c1ccccc1n3C(/C=C\C)=C/C. The molecule has 2 unspecified atom stereocenters. The van der Waals surface area contributed by atoms with E-state index in [1.54, 1.807) is 6.08 Å². The first-order chi connectivity index (χ1) is 30.5. The van der Waals surface area contributed by atoms with Crippen molar-refractivity contribution in [2.24, 2.45) is 5.92 Å². The molecule has 0 aliphatic heterocycles. The summed E-state index contributed by atoms with van der Waals surface area (Å²) in [5.74, 6) is -0.606. The molecule has 0 saturated carbocycles. The van der Waals surface area contributed by atoms with Gasteiger partial charge in [0.25, 0.3) is 0 Å². The predicted octanol–water partition coefficient (Wildman–Crippen LogP) is 14.8. The highest BCUT2D eigenvalue weighted by atomic mass is 15.1. The highest BCUT2D eigenvalue weighted by Crippen LogP contribution is 2.46. The number of aromatic nitrogens is 4. The van der Waals surface area contributed by atoms with Gasteiger partial charge in [-0.15, -0.1) is 0 Å². The van der Waals surface area contributed by atoms with Crippen molar-refractivity contribution in [3.63, 3.8) is 0 Å². The van der Waals surface area contributed by atoms with Gasteiger partial charge >= 0.3 is 0 Å². The van der Waals surface area contributed by atoms with Gasteiger partial charge in [-0.1, -0.05) is 110 Å². The van der Waals surface area contributed by atoms with Crippen molar-refractivity contribution in [3.8, 4) is 6.07 Å². The zero-order chi connectivity index (χ0) is 42.2. The van der Waals surface area contributed by atoms with Crippen LogP contribution in [0.3, 0.4) is 0 Å². The molecule has 1 aliphatic rings. The van der Waals surface area contributed by atoms with Crippen LogP contribution in [0.1, 0.15) is 19.9 Å². The van der Waals surface area contributed by atoms with Gasteiger partial charge in [0.05, 0.1) is 68.9 Å². The van der Waals surface area contributed by atoms with Gasteiger partial charge in [0.15, 0.2) is 0 Å². The van der Waals surface area contributed by atoms with E-state index in [0.717, 1.165) is 104 Å². The van der Waals surface area contributed by atoms with Crippen LogP contribution >= 0.6 is 0 Å². The number of allylic oxidation sites excluding steroid dienone is 11. The molecule has 0 radical (unpaired) electrons. The molecular formula is C56H40N6. The maximum absolute atomic E-state index is 11.0. The average Bonchev–Trinajstić information content (AvgIpc) is 4.02. The van der Waals surface area contributed by atoms with Crippen LogP contribution in [0.4, 0.5) is 0 Å². The summed E-state index contributed by atoms with van der Waals surface area (Å²) in [7, 11) is 0. The van der Waals surface area contributed by atoms with E-state index >= 15 is 0 Å². The molecule has 6 aromatic carbocycles. The first-order valence-corrected chi connectivity index (χ1v) is 20.9. The van der Waals surface area contributed by atoms with Crippen LogP contribution in [-0.2, 0) is 0 Å². The topological polar surface area (TPSA) is 47.9 Å². The molecule has 4 aromatic heterocycles. The molecule has 62 heavy (non-hydrogen) atoms. The smallest absolute Gasteiger partial charge is 0.207 e. The molecule has 0 N–H and O–H groups in total. The van der Waals surface area contributed by atoms with Crippen LogP contribution in [0.25, 0.3) is 109 Å². The summed E-state index contributed by atoms with van der Waals surface area (Å²) in [6.45, 7) is 20.8. The molecular weight excluding hydrogens is 757 g/mol. The maximum Gasteiger partial charge on any atom is 0.207 e. The Labute approximate surface area is 358 Å². The molecule has 0 bridgehead atoms. The monoisotopic (exact) mass is 796 g/mol. The summed E-state index contributed by atoms with van der Waals surface area (Å²) in [4.78, 5) is 4.15. The van der Waals surface area contributed by atoms with E-state index in [0.29, 0.717) is 5.70 Å². The van der Waals surface area contributed by atoms with Crippen molar-refractivity contribution in [1.29, 1.82) is 5.26 Å². The fourth-order valence-corrected chi connectivity index (χ4v) is 10.2. The summed E-state index contributed by atoms with van der Waals surface area (Å²) in [5.41, 5.74) is 11.7. The molecule has 10 aromatic rings. The van der Waals surface area contributed by atoms with E-state index < -0.39 is 12.0 Å². The lowest BCUT2D eigenvalue weighted by Gasteiger charge is -2.27. The molecule has 0 saturated heterocycles. The fraction of sp³-hybridized carbons (Fsp3) is 0.0714. The highest BCUT2D eigenvalue weighted by Gasteiger charge is 2.32. The number of rotatable bonds is 7. The number of hydrogen-bond acceptors (Lipinski definition) is 1. The number of benzene rings is 6. The van der Waals surface area contributed by atoms with Gasteiger partial charge in [-0.25, -0.2) is 4.85 Å². The minimum Gasteiger partial charge on any atom is -0.332 e. The second-order valence-electron chi connectivity index (χ2n) is 15.8. The molecule has 0 spiro atoms. The van der Waals surface area contributed by atoms with Gasteiger partial charge in [0, 0.05) is 60.0 Å². The average molecular weight is 797 g/mol. The Morgan fingerprint density at radius 2 is 1.11 bits per heavy atom. The Morgan fingerprint density at radius 3 is 1.68 bits per heavy atom. The number of hydrogen-bond donors (Lipinski definition) is 0. The Hall–Kier alpha value is -8.32. The molecule has 0 amide bonds. The first-order valence-electron chi connectivity index (χ1n) is 20.9. The van der Waals surface area contributed by atoms with Crippen LogP contribution in [0.15, 0.2) is 189 Å². The lowest BCUT2D eigenvalue weighted by atomic mass is 9.92. The van der Waals surface area contributed by atoms with Gasteiger partial charge in [0.2, 0.25) is 5.70 Å². The number of para-hydroxylation sites is 4. The standard InChI is InChI=1S/C56H40N6/c1-6-18-36(8-3)59-47-24-14-10-20-38(47)42-31-54-44(29-52(42)59)40-22-12-16-26-49(40)61(54)51-33-56(46(58-5)28-35(51)34-57)62-50-27-17-13-23-41(50)45-30-53-43(32-55(45)62)39-21-11-15-25-48(39)60(53)37(9-4)19-7-2/h6-33,35,51H,1,3H2,2,4H3/b19-7-,36-18+,37-9+.